The van der Waals surface area contributed by atoms with E-state index in [0.29, 0.717) is 11.3 Å². The lowest BCUT2D eigenvalue weighted by atomic mass is 10.1. The Hall–Kier alpha value is -2.17. The van der Waals surface area contributed by atoms with Gasteiger partial charge in [-0.05, 0) is 12.1 Å². The fourth-order valence-corrected chi connectivity index (χ4v) is 1.27. The topological polar surface area (TPSA) is 82.0 Å². The van der Waals surface area contributed by atoms with E-state index in [0.717, 1.165) is 0 Å². The van der Waals surface area contributed by atoms with E-state index in [1.54, 1.807) is 24.5 Å². The van der Waals surface area contributed by atoms with Crippen molar-refractivity contribution in [3.8, 4) is 11.3 Å². The van der Waals surface area contributed by atoms with Gasteiger partial charge in [-0.2, -0.15) is 4.98 Å². The maximum absolute atomic E-state index is 11.2. The van der Waals surface area contributed by atoms with E-state index >= 15 is 0 Å². The Balaban J connectivity index is 2.58. The molecule has 0 aromatic carbocycles. The first-order valence-electron chi connectivity index (χ1n) is 4.36. The molecule has 2 aromatic rings. The van der Waals surface area contributed by atoms with Gasteiger partial charge < -0.3 is 10.2 Å². The highest BCUT2D eigenvalue weighted by atomic mass is 16.4. The molecular formula is C10H9N3O2. The molecule has 2 rings (SSSR count). The highest BCUT2D eigenvalue weighted by molar-refractivity contribution is 5.97. The van der Waals surface area contributed by atoms with Crippen LogP contribution in [0.1, 0.15) is 17.5 Å². The van der Waals surface area contributed by atoms with E-state index in [4.69, 9.17) is 10.2 Å². The maximum atomic E-state index is 11.2. The van der Waals surface area contributed by atoms with Crippen LogP contribution in [0.25, 0.3) is 11.3 Å². The molecule has 0 aliphatic rings. The van der Waals surface area contributed by atoms with Gasteiger partial charge in [0.05, 0.1) is 0 Å². The van der Waals surface area contributed by atoms with Gasteiger partial charge >= 0.3 is 0 Å². The highest BCUT2D eigenvalue weighted by Crippen LogP contribution is 2.24. The number of carbonyl (C=O) groups is 1. The Labute approximate surface area is 86.0 Å². The smallest absolute Gasteiger partial charge is 0.293 e. The van der Waals surface area contributed by atoms with Gasteiger partial charge in [-0.1, -0.05) is 0 Å². The summed E-state index contributed by atoms with van der Waals surface area (Å²) in [7, 11) is 0. The van der Waals surface area contributed by atoms with E-state index in [-0.39, 0.29) is 17.6 Å². The summed E-state index contributed by atoms with van der Waals surface area (Å²) in [5.74, 6) is -0.0430. The normalized spacial score (nSPS) is 10.2. The summed E-state index contributed by atoms with van der Waals surface area (Å²) in [6, 6.07) is 3.53. The predicted octanol–water partition coefficient (Wildman–Crippen LogP) is 1.52. The lowest BCUT2D eigenvalue weighted by Crippen LogP contribution is -1.92. The lowest BCUT2D eigenvalue weighted by molar-refractivity contribution is 0.0989. The summed E-state index contributed by atoms with van der Waals surface area (Å²) in [4.78, 5) is 19.1. The molecule has 0 amide bonds. The lowest BCUT2D eigenvalue weighted by Gasteiger charge is -1.95. The number of aromatic nitrogens is 2. The third-order valence-electron chi connectivity index (χ3n) is 1.90. The minimum atomic E-state index is -0.210. The van der Waals surface area contributed by atoms with Gasteiger partial charge in [0.25, 0.3) is 6.01 Å². The number of nitrogen functional groups attached to an aromatic ring is 1. The summed E-state index contributed by atoms with van der Waals surface area (Å²) in [5, 5.41) is 0. The SMILES string of the molecule is CC(=O)c1oc(N)nc1-c1cccnc1. The van der Waals surface area contributed by atoms with Crippen LogP contribution >= 0.6 is 0 Å². The maximum Gasteiger partial charge on any atom is 0.293 e. The van der Waals surface area contributed by atoms with Crippen LogP contribution in [0.2, 0.25) is 0 Å². The molecular weight excluding hydrogens is 194 g/mol. The minimum absolute atomic E-state index is 0.0148. The number of hydrogen-bond donors (Lipinski definition) is 1. The van der Waals surface area contributed by atoms with Crippen LogP contribution in [-0.2, 0) is 0 Å². The molecule has 2 N–H and O–H groups in total. The van der Waals surface area contributed by atoms with Gasteiger partial charge in [0.1, 0.15) is 5.69 Å². The number of ketones is 1. The quantitative estimate of drug-likeness (QED) is 0.748. The molecule has 2 heterocycles. The standard InChI is InChI=1S/C10H9N3O2/c1-6(14)9-8(13-10(11)15-9)7-3-2-4-12-5-7/h2-5H,1H3,(H2,11,13). The molecule has 0 bridgehead atoms. The Kier molecular flexibility index (Phi) is 2.21. The van der Waals surface area contributed by atoms with Crippen molar-refractivity contribution in [1.82, 2.24) is 9.97 Å². The van der Waals surface area contributed by atoms with Gasteiger partial charge in [0.2, 0.25) is 0 Å². The van der Waals surface area contributed by atoms with Crippen LogP contribution in [0.4, 0.5) is 6.01 Å². The average Bonchev–Trinajstić information content (AvgIpc) is 2.62. The molecule has 0 fully saturated rings. The summed E-state index contributed by atoms with van der Waals surface area (Å²) < 4.78 is 5.02. The molecule has 0 aliphatic heterocycles. The average molecular weight is 203 g/mol. The fourth-order valence-electron chi connectivity index (χ4n) is 1.27. The second kappa shape index (κ2) is 3.53. The molecule has 76 valence electrons. The Bertz CT molecular complexity index is 491. The third-order valence-corrected chi connectivity index (χ3v) is 1.90. The van der Waals surface area contributed by atoms with Crippen LogP contribution in [0.3, 0.4) is 0 Å². The number of anilines is 1. The van der Waals surface area contributed by atoms with Crippen molar-refractivity contribution in [2.75, 3.05) is 5.73 Å². The number of nitrogens with two attached hydrogens (primary N) is 1. The molecule has 5 nitrogen and oxygen atoms in total. The number of nitrogens with zero attached hydrogens (tertiary/aromatic N) is 2. The van der Waals surface area contributed by atoms with E-state index in [1.165, 1.54) is 6.92 Å². The van der Waals surface area contributed by atoms with Gasteiger partial charge in [0.15, 0.2) is 11.5 Å². The third kappa shape index (κ3) is 1.71. The summed E-state index contributed by atoms with van der Waals surface area (Å²) in [5.41, 5.74) is 6.55. The Morgan fingerprint density at radius 1 is 1.53 bits per heavy atom. The van der Waals surface area contributed by atoms with Gasteiger partial charge in [-0.3, -0.25) is 9.78 Å². The molecule has 2 aromatic heterocycles. The predicted molar refractivity (Wildman–Crippen MR) is 54.2 cm³/mol. The minimum Gasteiger partial charge on any atom is -0.420 e. The summed E-state index contributed by atoms with van der Waals surface area (Å²) >= 11 is 0. The fraction of sp³-hybridized carbons (Fsp3) is 0.100. The molecule has 0 saturated carbocycles. The highest BCUT2D eigenvalue weighted by Gasteiger charge is 2.17. The van der Waals surface area contributed by atoms with Crippen molar-refractivity contribution in [3.05, 3.63) is 30.3 Å². The second-order valence-electron chi connectivity index (χ2n) is 3.03. The Morgan fingerprint density at radius 2 is 2.33 bits per heavy atom. The first-order valence-corrected chi connectivity index (χ1v) is 4.36. The van der Waals surface area contributed by atoms with Crippen LogP contribution in [-0.4, -0.2) is 15.8 Å². The van der Waals surface area contributed by atoms with Crippen molar-refractivity contribution in [2.24, 2.45) is 0 Å². The van der Waals surface area contributed by atoms with Crippen LogP contribution in [0.5, 0.6) is 0 Å². The monoisotopic (exact) mass is 203 g/mol. The van der Waals surface area contributed by atoms with E-state index in [1.807, 2.05) is 0 Å². The molecule has 0 atom stereocenters. The first kappa shape index (κ1) is 9.39. The summed E-state index contributed by atoms with van der Waals surface area (Å²) in [6.45, 7) is 1.40. The zero-order valence-electron chi connectivity index (χ0n) is 8.10. The second-order valence-corrected chi connectivity index (χ2v) is 3.03. The van der Waals surface area contributed by atoms with E-state index < -0.39 is 0 Å². The molecule has 0 radical (unpaired) electrons. The largest absolute Gasteiger partial charge is 0.420 e. The molecule has 0 saturated heterocycles. The Morgan fingerprint density at radius 3 is 2.93 bits per heavy atom. The number of carbonyl (C=O) groups excluding carboxylic acids is 1. The van der Waals surface area contributed by atoms with Crippen molar-refractivity contribution in [1.29, 1.82) is 0 Å². The van der Waals surface area contributed by atoms with Crippen LogP contribution in [0, 0.1) is 0 Å². The van der Waals surface area contributed by atoms with Crippen LogP contribution in [0.15, 0.2) is 28.9 Å². The van der Waals surface area contributed by atoms with Crippen LogP contribution < -0.4 is 5.73 Å². The molecule has 0 spiro atoms. The van der Waals surface area contributed by atoms with E-state index in [9.17, 15) is 4.79 Å². The number of hydrogen-bond acceptors (Lipinski definition) is 5. The van der Waals surface area contributed by atoms with E-state index in [2.05, 4.69) is 9.97 Å². The zero-order chi connectivity index (χ0) is 10.8. The van der Waals surface area contributed by atoms with Gasteiger partial charge in [-0.15, -0.1) is 0 Å². The van der Waals surface area contributed by atoms with Crippen molar-refractivity contribution >= 4 is 11.8 Å². The number of rotatable bonds is 2. The molecule has 0 aliphatic carbocycles. The number of oxazole rings is 1. The van der Waals surface area contributed by atoms with Gasteiger partial charge in [0, 0.05) is 24.9 Å². The summed E-state index contributed by atoms with van der Waals surface area (Å²) in [6.07, 6.45) is 3.24. The van der Waals surface area contributed by atoms with Gasteiger partial charge in [-0.25, -0.2) is 0 Å². The number of Topliss-reactive ketones (excluding diaryl/α,β-unsaturated/α-hetero) is 1. The molecule has 0 unspecified atom stereocenters. The number of pyridine rings is 1. The molecule has 5 heteroatoms. The van der Waals surface area contributed by atoms with Crippen molar-refractivity contribution in [3.63, 3.8) is 0 Å². The first-order chi connectivity index (χ1) is 7.18. The molecule has 15 heavy (non-hydrogen) atoms. The zero-order valence-corrected chi connectivity index (χ0v) is 8.10. The van der Waals surface area contributed by atoms with Crippen molar-refractivity contribution < 1.29 is 9.21 Å². The van der Waals surface area contributed by atoms with Crippen molar-refractivity contribution in [2.45, 2.75) is 6.92 Å².